The minimum absolute atomic E-state index is 0.147. The van der Waals surface area contributed by atoms with Crippen LogP contribution in [-0.2, 0) is 11.2 Å². The molecule has 1 aromatic carbocycles. The zero-order chi connectivity index (χ0) is 14.4. The first-order valence-electron chi connectivity index (χ1n) is 6.44. The van der Waals surface area contributed by atoms with Crippen LogP contribution in [0.15, 0.2) is 18.2 Å². The first-order valence-corrected chi connectivity index (χ1v) is 6.44. The number of benzene rings is 1. The molecular weight excluding hydrogens is 244 g/mol. The first-order chi connectivity index (χ1) is 8.90. The number of nitrogens with two attached hydrogens (primary N) is 1. The lowest BCUT2D eigenvalue weighted by Crippen LogP contribution is -2.42. The molecule has 0 aliphatic heterocycles. The van der Waals surface area contributed by atoms with E-state index in [4.69, 9.17) is 5.73 Å². The highest BCUT2D eigenvalue weighted by molar-refractivity contribution is 5.81. The molecule has 0 heterocycles. The Labute approximate surface area is 113 Å². The average Bonchev–Trinajstić information content (AvgIpc) is 2.32. The number of rotatable bonds is 6. The summed E-state index contributed by atoms with van der Waals surface area (Å²) < 4.78 is 0. The maximum Gasteiger partial charge on any atom is 0.236 e. The van der Waals surface area contributed by atoms with Crippen LogP contribution in [0.1, 0.15) is 25.8 Å². The number of carbonyl (C=O) groups excluding carboxylic acids is 1. The highest BCUT2D eigenvalue weighted by Crippen LogP contribution is 2.24. The summed E-state index contributed by atoms with van der Waals surface area (Å²) in [5.74, 6) is -0.0708. The molecule has 0 aliphatic carbocycles. The van der Waals surface area contributed by atoms with Gasteiger partial charge in [0.15, 0.2) is 11.5 Å². The molecule has 5 nitrogen and oxygen atoms in total. The van der Waals surface area contributed by atoms with Crippen LogP contribution >= 0.6 is 0 Å². The van der Waals surface area contributed by atoms with Gasteiger partial charge in [0.1, 0.15) is 0 Å². The van der Waals surface area contributed by atoms with E-state index < -0.39 is 6.04 Å². The summed E-state index contributed by atoms with van der Waals surface area (Å²) in [4.78, 5) is 11.7. The summed E-state index contributed by atoms with van der Waals surface area (Å²) in [5.41, 5.74) is 6.60. The summed E-state index contributed by atoms with van der Waals surface area (Å²) in [6.45, 7) is 4.49. The smallest absolute Gasteiger partial charge is 0.236 e. The number of hydrogen-bond donors (Lipinski definition) is 4. The van der Waals surface area contributed by atoms with Gasteiger partial charge < -0.3 is 21.3 Å². The molecule has 0 unspecified atom stereocenters. The number of aromatic hydroxyl groups is 2. The van der Waals surface area contributed by atoms with E-state index in [1.54, 1.807) is 6.07 Å². The summed E-state index contributed by atoms with van der Waals surface area (Å²) in [6.07, 6.45) is 1.24. The molecule has 5 N–H and O–H groups in total. The molecule has 1 amide bonds. The number of amides is 1. The number of carbonyl (C=O) groups is 1. The Morgan fingerprint density at radius 3 is 2.58 bits per heavy atom. The van der Waals surface area contributed by atoms with Gasteiger partial charge in [0, 0.05) is 6.54 Å². The van der Waals surface area contributed by atoms with Gasteiger partial charge in [-0.25, -0.2) is 0 Å². The Bertz CT molecular complexity index is 433. The van der Waals surface area contributed by atoms with Crippen LogP contribution in [0, 0.1) is 5.92 Å². The Kier molecular flexibility index (Phi) is 5.63. The number of phenols is 2. The van der Waals surface area contributed by atoms with Crippen molar-refractivity contribution in [3.8, 4) is 11.5 Å². The molecule has 1 rings (SSSR count). The Morgan fingerprint density at radius 2 is 2.00 bits per heavy atom. The third-order valence-corrected chi connectivity index (χ3v) is 2.81. The van der Waals surface area contributed by atoms with Crippen molar-refractivity contribution >= 4 is 5.91 Å². The largest absolute Gasteiger partial charge is 0.504 e. The van der Waals surface area contributed by atoms with E-state index in [2.05, 4.69) is 5.32 Å². The van der Waals surface area contributed by atoms with Gasteiger partial charge in [-0.15, -0.1) is 0 Å². The van der Waals surface area contributed by atoms with Crippen molar-refractivity contribution in [2.75, 3.05) is 6.54 Å². The topological polar surface area (TPSA) is 95.6 Å². The van der Waals surface area contributed by atoms with E-state index in [1.165, 1.54) is 12.1 Å². The van der Waals surface area contributed by atoms with Gasteiger partial charge in [-0.2, -0.15) is 0 Å². The maximum atomic E-state index is 11.7. The SMILES string of the molecule is CC(C)C[C@H](N)C(=O)NCCc1ccc(O)c(O)c1. The summed E-state index contributed by atoms with van der Waals surface area (Å²) in [7, 11) is 0. The van der Waals surface area contributed by atoms with Crippen molar-refractivity contribution in [1.82, 2.24) is 5.32 Å². The van der Waals surface area contributed by atoms with Crippen LogP contribution < -0.4 is 11.1 Å². The molecule has 1 aromatic rings. The van der Waals surface area contributed by atoms with Gasteiger partial charge in [-0.1, -0.05) is 19.9 Å². The average molecular weight is 266 g/mol. The number of nitrogens with one attached hydrogen (secondary N) is 1. The van der Waals surface area contributed by atoms with Crippen molar-refractivity contribution in [1.29, 1.82) is 0 Å². The van der Waals surface area contributed by atoms with Crippen molar-refractivity contribution < 1.29 is 15.0 Å². The second-order valence-corrected chi connectivity index (χ2v) is 5.10. The van der Waals surface area contributed by atoms with E-state index in [0.29, 0.717) is 25.3 Å². The minimum atomic E-state index is -0.478. The predicted octanol–water partition coefficient (Wildman–Crippen LogP) is 1.13. The fraction of sp³-hybridized carbons (Fsp3) is 0.500. The van der Waals surface area contributed by atoms with Crippen LogP contribution in [-0.4, -0.2) is 28.7 Å². The number of phenolic OH excluding ortho intramolecular Hbond substituents is 2. The minimum Gasteiger partial charge on any atom is -0.504 e. The standard InChI is InChI=1S/C14H22N2O3/c1-9(2)7-11(15)14(19)16-6-5-10-3-4-12(17)13(18)8-10/h3-4,8-9,11,17-18H,5-7,15H2,1-2H3,(H,16,19)/t11-/m0/s1. The zero-order valence-corrected chi connectivity index (χ0v) is 11.4. The molecule has 1 atom stereocenters. The first kappa shape index (κ1) is 15.3. The predicted molar refractivity (Wildman–Crippen MR) is 73.9 cm³/mol. The van der Waals surface area contributed by atoms with E-state index in [-0.39, 0.29) is 17.4 Å². The summed E-state index contributed by atoms with van der Waals surface area (Å²) >= 11 is 0. The van der Waals surface area contributed by atoms with Crippen LogP contribution in [0.2, 0.25) is 0 Å². The normalized spacial score (nSPS) is 12.4. The molecule has 0 radical (unpaired) electrons. The van der Waals surface area contributed by atoms with Crippen molar-refractivity contribution in [3.63, 3.8) is 0 Å². The molecule has 106 valence electrons. The molecule has 0 saturated heterocycles. The molecule has 0 spiro atoms. The molecule has 0 aliphatic rings. The Morgan fingerprint density at radius 1 is 1.32 bits per heavy atom. The quantitative estimate of drug-likeness (QED) is 0.580. The highest BCUT2D eigenvalue weighted by atomic mass is 16.3. The molecule has 5 heteroatoms. The second kappa shape index (κ2) is 6.99. The summed E-state index contributed by atoms with van der Waals surface area (Å²) in [5, 5.41) is 21.3. The molecular formula is C14H22N2O3. The summed E-state index contributed by atoms with van der Waals surface area (Å²) in [6, 6.07) is 4.13. The van der Waals surface area contributed by atoms with Gasteiger partial charge >= 0.3 is 0 Å². The zero-order valence-electron chi connectivity index (χ0n) is 11.4. The third-order valence-electron chi connectivity index (χ3n) is 2.81. The van der Waals surface area contributed by atoms with Crippen molar-refractivity contribution in [2.24, 2.45) is 11.7 Å². The van der Waals surface area contributed by atoms with Crippen molar-refractivity contribution in [3.05, 3.63) is 23.8 Å². The van der Waals surface area contributed by atoms with Gasteiger partial charge in [-0.3, -0.25) is 4.79 Å². The molecule has 19 heavy (non-hydrogen) atoms. The van der Waals surface area contributed by atoms with Crippen molar-refractivity contribution in [2.45, 2.75) is 32.7 Å². The second-order valence-electron chi connectivity index (χ2n) is 5.10. The Hall–Kier alpha value is -1.75. The molecule has 0 bridgehead atoms. The molecule has 0 aromatic heterocycles. The van der Waals surface area contributed by atoms with E-state index in [9.17, 15) is 15.0 Å². The highest BCUT2D eigenvalue weighted by Gasteiger charge is 2.14. The van der Waals surface area contributed by atoms with E-state index >= 15 is 0 Å². The van der Waals surface area contributed by atoms with Crippen LogP contribution in [0.5, 0.6) is 11.5 Å². The van der Waals surface area contributed by atoms with Crippen LogP contribution in [0.4, 0.5) is 0 Å². The Balaban J connectivity index is 2.37. The fourth-order valence-electron chi connectivity index (χ4n) is 1.80. The lowest BCUT2D eigenvalue weighted by atomic mass is 10.0. The van der Waals surface area contributed by atoms with Crippen LogP contribution in [0.25, 0.3) is 0 Å². The molecule has 0 fully saturated rings. The van der Waals surface area contributed by atoms with Gasteiger partial charge in [-0.05, 0) is 36.5 Å². The molecule has 0 saturated carbocycles. The fourth-order valence-corrected chi connectivity index (χ4v) is 1.80. The van der Waals surface area contributed by atoms with Gasteiger partial charge in [0.2, 0.25) is 5.91 Å². The lowest BCUT2D eigenvalue weighted by molar-refractivity contribution is -0.122. The van der Waals surface area contributed by atoms with E-state index in [1.807, 2.05) is 13.8 Å². The third kappa shape index (κ3) is 5.18. The van der Waals surface area contributed by atoms with Gasteiger partial charge in [0.25, 0.3) is 0 Å². The number of hydrogen-bond acceptors (Lipinski definition) is 4. The lowest BCUT2D eigenvalue weighted by Gasteiger charge is -2.14. The monoisotopic (exact) mass is 266 g/mol. The van der Waals surface area contributed by atoms with Gasteiger partial charge in [0.05, 0.1) is 6.04 Å². The van der Waals surface area contributed by atoms with Crippen LogP contribution in [0.3, 0.4) is 0 Å². The van der Waals surface area contributed by atoms with E-state index in [0.717, 1.165) is 5.56 Å². The maximum absolute atomic E-state index is 11.7.